The molecular weight excluding hydrogens is 392 g/mol. The van der Waals surface area contributed by atoms with Crippen LogP contribution in [0.4, 0.5) is 11.4 Å². The van der Waals surface area contributed by atoms with Crippen LogP contribution in [-0.2, 0) is 6.42 Å². The zero-order valence-corrected chi connectivity index (χ0v) is 17.0. The largest absolute Gasteiger partial charge is 0.507 e. The van der Waals surface area contributed by atoms with Crippen LogP contribution in [0.5, 0.6) is 5.75 Å². The van der Waals surface area contributed by atoms with Gasteiger partial charge in [-0.3, -0.25) is 9.59 Å². The zero-order valence-electron chi connectivity index (χ0n) is 17.0. The number of para-hydroxylation sites is 1. The smallest absolute Gasteiger partial charge is 0.255 e. The lowest BCUT2D eigenvalue weighted by atomic mass is 9.95. The number of phenolic OH excluding ortho intramolecular Hbond substituents is 1. The highest BCUT2D eigenvalue weighted by Gasteiger charge is 2.27. The lowest BCUT2D eigenvalue weighted by Gasteiger charge is -2.15. The summed E-state index contributed by atoms with van der Waals surface area (Å²) < 4.78 is 0. The Hall–Kier alpha value is -3.64. The molecule has 0 radical (unpaired) electrons. The fraction of sp³-hybridized carbons (Fsp3) is 0.200. The van der Waals surface area contributed by atoms with Crippen LogP contribution < -0.4 is 10.6 Å². The molecule has 0 aromatic heterocycles. The first-order valence-corrected chi connectivity index (χ1v) is 10.3. The molecule has 6 nitrogen and oxygen atoms in total. The normalized spacial score (nSPS) is 12.5. The molecular formula is C25H24N2O4. The quantitative estimate of drug-likeness (QED) is 0.432. The molecule has 0 aliphatic heterocycles. The SMILES string of the molecule is O=C(Nc1ccc(-c2ccccc2O)c2c1C(=O)CC2)c1ccc(NCCCO)cc1. The van der Waals surface area contributed by atoms with Crippen LogP contribution in [0.2, 0.25) is 0 Å². The Morgan fingerprint density at radius 3 is 2.45 bits per heavy atom. The van der Waals surface area contributed by atoms with Crippen molar-refractivity contribution in [2.24, 2.45) is 0 Å². The minimum atomic E-state index is -0.292. The summed E-state index contributed by atoms with van der Waals surface area (Å²) in [6, 6.07) is 17.7. The van der Waals surface area contributed by atoms with Crippen molar-refractivity contribution in [1.29, 1.82) is 0 Å². The van der Waals surface area contributed by atoms with Crippen molar-refractivity contribution in [2.45, 2.75) is 19.3 Å². The third-order valence-corrected chi connectivity index (χ3v) is 5.45. The number of anilines is 2. The van der Waals surface area contributed by atoms with Gasteiger partial charge in [-0.25, -0.2) is 0 Å². The lowest BCUT2D eigenvalue weighted by Crippen LogP contribution is -2.14. The Bertz CT molecular complexity index is 1120. The van der Waals surface area contributed by atoms with E-state index in [9.17, 15) is 14.7 Å². The number of benzene rings is 3. The highest BCUT2D eigenvalue weighted by Crippen LogP contribution is 2.39. The zero-order chi connectivity index (χ0) is 21.8. The number of carbonyl (C=O) groups excluding carboxylic acids is 2. The van der Waals surface area contributed by atoms with E-state index in [1.165, 1.54) is 0 Å². The number of ketones is 1. The molecule has 0 atom stereocenters. The van der Waals surface area contributed by atoms with E-state index < -0.39 is 0 Å². The van der Waals surface area contributed by atoms with Crippen molar-refractivity contribution in [3.63, 3.8) is 0 Å². The summed E-state index contributed by atoms with van der Waals surface area (Å²) in [6.07, 6.45) is 1.62. The number of aliphatic hydroxyl groups excluding tert-OH is 1. The van der Waals surface area contributed by atoms with Gasteiger partial charge in [-0.15, -0.1) is 0 Å². The van der Waals surface area contributed by atoms with Gasteiger partial charge in [0.05, 0.1) is 5.69 Å². The van der Waals surface area contributed by atoms with Crippen molar-refractivity contribution < 1.29 is 19.8 Å². The van der Waals surface area contributed by atoms with Crippen LogP contribution in [0.1, 0.15) is 39.1 Å². The maximum Gasteiger partial charge on any atom is 0.255 e. The number of aromatic hydroxyl groups is 1. The van der Waals surface area contributed by atoms with E-state index in [2.05, 4.69) is 10.6 Å². The number of phenols is 1. The van der Waals surface area contributed by atoms with Crippen molar-refractivity contribution in [1.82, 2.24) is 0 Å². The predicted molar refractivity (Wildman–Crippen MR) is 121 cm³/mol. The fourth-order valence-electron chi connectivity index (χ4n) is 3.89. The molecule has 0 fully saturated rings. The number of Topliss-reactive ketones (excluding diaryl/α,β-unsaturated/α-hetero) is 1. The first kappa shape index (κ1) is 20.6. The number of fused-ring (bicyclic) bond motifs is 1. The molecule has 0 heterocycles. The van der Waals surface area contributed by atoms with Crippen LogP contribution in [-0.4, -0.2) is 35.1 Å². The summed E-state index contributed by atoms with van der Waals surface area (Å²) in [7, 11) is 0. The van der Waals surface area contributed by atoms with Gasteiger partial charge < -0.3 is 20.8 Å². The second kappa shape index (κ2) is 9.02. The Balaban J connectivity index is 1.58. The summed E-state index contributed by atoms with van der Waals surface area (Å²) in [4.78, 5) is 25.4. The molecule has 0 saturated heterocycles. The summed E-state index contributed by atoms with van der Waals surface area (Å²) in [5.41, 5.74) is 4.71. The van der Waals surface area contributed by atoms with Crippen molar-refractivity contribution in [2.75, 3.05) is 23.8 Å². The third-order valence-electron chi connectivity index (χ3n) is 5.45. The van der Waals surface area contributed by atoms with E-state index in [0.717, 1.165) is 16.8 Å². The molecule has 31 heavy (non-hydrogen) atoms. The predicted octanol–water partition coefficient (Wildman–Crippen LogP) is 4.23. The molecule has 1 aliphatic rings. The molecule has 1 aliphatic carbocycles. The molecule has 3 aromatic rings. The van der Waals surface area contributed by atoms with Crippen molar-refractivity contribution in [3.8, 4) is 16.9 Å². The van der Waals surface area contributed by atoms with Gasteiger partial charge in [0.15, 0.2) is 5.78 Å². The molecule has 4 N–H and O–H groups in total. The maximum absolute atomic E-state index is 12.8. The first-order chi connectivity index (χ1) is 15.1. The first-order valence-electron chi connectivity index (χ1n) is 10.3. The highest BCUT2D eigenvalue weighted by atomic mass is 16.3. The van der Waals surface area contributed by atoms with E-state index in [0.29, 0.717) is 48.2 Å². The van der Waals surface area contributed by atoms with Gasteiger partial charge in [-0.05, 0) is 60.4 Å². The summed E-state index contributed by atoms with van der Waals surface area (Å²) in [5, 5.41) is 25.1. The number of hydrogen-bond acceptors (Lipinski definition) is 5. The standard InChI is InChI=1S/C25H24N2O4/c28-15-3-14-26-17-8-6-16(7-9-17)25(31)27-21-12-10-18(19-4-1-2-5-22(19)29)20-11-13-23(30)24(20)21/h1-2,4-10,12,26,28-29H,3,11,13-15H2,(H,27,31). The molecule has 0 saturated carbocycles. The van der Waals surface area contributed by atoms with Gasteiger partial charge in [0.2, 0.25) is 0 Å². The molecule has 0 unspecified atom stereocenters. The minimum absolute atomic E-state index is 0.00833. The molecule has 4 rings (SSSR count). The third kappa shape index (κ3) is 4.29. The van der Waals surface area contributed by atoms with Gasteiger partial charge in [-0.2, -0.15) is 0 Å². The summed E-state index contributed by atoms with van der Waals surface area (Å²) in [6.45, 7) is 0.777. The minimum Gasteiger partial charge on any atom is -0.507 e. The van der Waals surface area contributed by atoms with Crippen LogP contribution in [0.25, 0.3) is 11.1 Å². The van der Waals surface area contributed by atoms with Gasteiger partial charge in [0, 0.05) is 42.0 Å². The average molecular weight is 416 g/mol. The maximum atomic E-state index is 12.8. The molecule has 3 aromatic carbocycles. The highest BCUT2D eigenvalue weighted by molar-refractivity contribution is 6.12. The fourth-order valence-corrected chi connectivity index (χ4v) is 3.89. The second-order valence-corrected chi connectivity index (χ2v) is 7.49. The Labute approximate surface area is 180 Å². The van der Waals surface area contributed by atoms with E-state index >= 15 is 0 Å². The average Bonchev–Trinajstić information content (AvgIpc) is 3.17. The Kier molecular flexibility index (Phi) is 6.00. The number of aliphatic hydroxyl groups is 1. The number of nitrogens with one attached hydrogen (secondary N) is 2. The number of carbonyl (C=O) groups is 2. The van der Waals surface area contributed by atoms with Crippen molar-refractivity contribution in [3.05, 3.63) is 77.4 Å². The lowest BCUT2D eigenvalue weighted by molar-refractivity contribution is 0.0995. The van der Waals surface area contributed by atoms with Crippen LogP contribution in [0.3, 0.4) is 0 Å². The molecule has 1 amide bonds. The van der Waals surface area contributed by atoms with Gasteiger partial charge >= 0.3 is 0 Å². The van der Waals surface area contributed by atoms with Gasteiger partial charge in [0.1, 0.15) is 5.75 Å². The van der Waals surface area contributed by atoms with Gasteiger partial charge in [-0.1, -0.05) is 24.3 Å². The van der Waals surface area contributed by atoms with E-state index in [4.69, 9.17) is 5.11 Å². The van der Waals surface area contributed by atoms with Gasteiger partial charge in [0.25, 0.3) is 5.91 Å². The summed E-state index contributed by atoms with van der Waals surface area (Å²) in [5.74, 6) is -0.140. The van der Waals surface area contributed by atoms with Crippen LogP contribution in [0, 0.1) is 0 Å². The van der Waals surface area contributed by atoms with Crippen LogP contribution in [0.15, 0.2) is 60.7 Å². The monoisotopic (exact) mass is 416 g/mol. The molecule has 158 valence electrons. The van der Waals surface area contributed by atoms with E-state index in [1.807, 2.05) is 30.3 Å². The van der Waals surface area contributed by atoms with E-state index in [-0.39, 0.29) is 24.0 Å². The van der Waals surface area contributed by atoms with E-state index in [1.54, 1.807) is 30.3 Å². The second-order valence-electron chi connectivity index (χ2n) is 7.49. The molecule has 0 bridgehead atoms. The van der Waals surface area contributed by atoms with Crippen LogP contribution >= 0.6 is 0 Å². The van der Waals surface area contributed by atoms with Crippen molar-refractivity contribution >= 4 is 23.1 Å². The summed E-state index contributed by atoms with van der Waals surface area (Å²) >= 11 is 0. The number of rotatable bonds is 7. The Morgan fingerprint density at radius 2 is 1.71 bits per heavy atom. The molecule has 0 spiro atoms. The number of hydrogen-bond donors (Lipinski definition) is 4. The molecule has 6 heteroatoms. The number of amides is 1. The topological polar surface area (TPSA) is 98.7 Å². The Morgan fingerprint density at radius 1 is 0.935 bits per heavy atom.